The van der Waals surface area contributed by atoms with Crippen molar-refractivity contribution < 1.29 is 20.1 Å². The Morgan fingerprint density at radius 2 is 1.62 bits per heavy atom. The van der Waals surface area contributed by atoms with Crippen LogP contribution in [0, 0.1) is 19.9 Å². The van der Waals surface area contributed by atoms with E-state index >= 15 is 0 Å². The van der Waals surface area contributed by atoms with Gasteiger partial charge in [0.2, 0.25) is 0 Å². The Bertz CT molecular complexity index is 1260. The van der Waals surface area contributed by atoms with Crippen molar-refractivity contribution in [3.8, 4) is 22.8 Å². The van der Waals surface area contributed by atoms with Crippen molar-refractivity contribution in [3.63, 3.8) is 0 Å². The molecule has 0 amide bonds. The van der Waals surface area contributed by atoms with Crippen LogP contribution in [0.5, 0.6) is 0 Å². The molecule has 0 saturated carbocycles. The molecule has 0 bridgehead atoms. The molecule has 0 saturated heterocycles. The number of benzene rings is 3. The van der Waals surface area contributed by atoms with Crippen molar-refractivity contribution in [2.24, 2.45) is 0 Å². The van der Waals surface area contributed by atoms with Gasteiger partial charge in [0.1, 0.15) is 0 Å². The van der Waals surface area contributed by atoms with Crippen LogP contribution in [0.2, 0.25) is 0 Å². The van der Waals surface area contributed by atoms with E-state index in [2.05, 4.69) is 75.4 Å². The number of para-hydroxylation sites is 2. The molecule has 2 heterocycles. The molecule has 2 aromatic heterocycles. The van der Waals surface area contributed by atoms with Gasteiger partial charge in [-0.15, -0.1) is 23.8 Å². The molecule has 0 aliphatic carbocycles. The maximum atomic E-state index is 4.64. The van der Waals surface area contributed by atoms with Crippen LogP contribution in [-0.4, -0.2) is 19.1 Å². The number of rotatable bonds is 3. The minimum absolute atomic E-state index is 0. The van der Waals surface area contributed by atoms with Gasteiger partial charge in [-0.05, 0) is 42.6 Å². The van der Waals surface area contributed by atoms with Gasteiger partial charge in [0, 0.05) is 49.4 Å². The first kappa shape index (κ1) is 19.3. The molecular weight excluding hydrogens is 537 g/mol. The van der Waals surface area contributed by atoms with E-state index in [-0.39, 0.29) is 20.1 Å². The Morgan fingerprint density at radius 3 is 2.38 bits per heavy atom. The molecule has 0 aliphatic rings. The molecule has 5 rings (SSSR count). The second kappa shape index (κ2) is 7.78. The summed E-state index contributed by atoms with van der Waals surface area (Å²) in [5.41, 5.74) is 7.58. The van der Waals surface area contributed by atoms with Gasteiger partial charge in [-0.3, -0.25) is 9.97 Å². The largest absolute Gasteiger partial charge is 0.340 e. The average molecular weight is 556 g/mol. The summed E-state index contributed by atoms with van der Waals surface area (Å²) in [4.78, 5) is 9.17. The van der Waals surface area contributed by atoms with Crippen molar-refractivity contribution in [3.05, 3.63) is 96.6 Å². The average Bonchev–Trinajstić information content (AvgIpc) is 3.35. The topological polar surface area (TPSA) is 35.6 Å². The normalized spacial score (nSPS) is 10.8. The number of hydrogen-bond donors (Lipinski definition) is 0. The fourth-order valence-corrected chi connectivity index (χ4v) is 3.74. The summed E-state index contributed by atoms with van der Waals surface area (Å²) in [6.07, 6.45) is 5.71. The number of fused-ring (bicyclic) bond motifs is 1. The molecule has 5 heteroatoms. The van der Waals surface area contributed by atoms with E-state index in [1.54, 1.807) is 0 Å². The predicted octanol–water partition coefficient (Wildman–Crippen LogP) is 5.29. The van der Waals surface area contributed by atoms with E-state index < -0.39 is 0 Å². The Labute approximate surface area is 183 Å². The summed E-state index contributed by atoms with van der Waals surface area (Å²) in [5.74, 6) is 0.875. The second-order valence-electron chi connectivity index (χ2n) is 6.93. The van der Waals surface area contributed by atoms with Crippen LogP contribution in [-0.2, 0) is 20.1 Å². The summed E-state index contributed by atoms with van der Waals surface area (Å²) in [7, 11) is 0. The summed E-state index contributed by atoms with van der Waals surface area (Å²) < 4.78 is 4.24. The molecule has 0 fully saturated rings. The first-order chi connectivity index (χ1) is 13.7. The maximum Gasteiger partial charge on any atom is 0.0881 e. The van der Waals surface area contributed by atoms with Crippen LogP contribution < -0.4 is 0 Å². The summed E-state index contributed by atoms with van der Waals surface area (Å²) >= 11 is 0. The zero-order chi connectivity index (χ0) is 19.1. The van der Waals surface area contributed by atoms with E-state index in [4.69, 9.17) is 0 Å². The Hall–Kier alpha value is -3.01. The maximum absolute atomic E-state index is 4.64. The molecule has 1 radical (unpaired) electrons. The van der Waals surface area contributed by atoms with Gasteiger partial charge in [-0.25, -0.2) is 0 Å². The number of hydrogen-bond acceptors (Lipinski definition) is 2. The fourth-order valence-electron chi connectivity index (χ4n) is 3.74. The van der Waals surface area contributed by atoms with Crippen LogP contribution in [0.1, 0.15) is 11.1 Å². The number of aromatic nitrogens is 4. The van der Waals surface area contributed by atoms with Crippen molar-refractivity contribution in [1.82, 2.24) is 19.1 Å². The van der Waals surface area contributed by atoms with E-state index in [0.717, 1.165) is 28.1 Å². The molecule has 0 atom stereocenters. The van der Waals surface area contributed by atoms with Gasteiger partial charge in [0.05, 0.1) is 12.2 Å². The van der Waals surface area contributed by atoms with Crippen LogP contribution in [0.25, 0.3) is 33.8 Å². The van der Waals surface area contributed by atoms with Crippen LogP contribution in [0.3, 0.4) is 0 Å². The molecule has 3 aromatic carbocycles. The molecule has 0 N–H and O–H groups in total. The third-order valence-electron chi connectivity index (χ3n) is 5.08. The minimum atomic E-state index is 0. The Kier molecular flexibility index (Phi) is 5.18. The van der Waals surface area contributed by atoms with E-state index in [1.807, 2.05) is 43.0 Å². The van der Waals surface area contributed by atoms with Gasteiger partial charge in [0.15, 0.2) is 0 Å². The number of aryl methyl sites for hydroxylation is 2. The fraction of sp³-hybridized carbons (Fsp3) is 0.0833. The summed E-state index contributed by atoms with van der Waals surface area (Å²) in [5, 5.41) is 0. The van der Waals surface area contributed by atoms with Crippen LogP contribution >= 0.6 is 0 Å². The minimum Gasteiger partial charge on any atom is -0.340 e. The molecular formula is C24H19IrN4-. The van der Waals surface area contributed by atoms with Crippen molar-refractivity contribution in [2.45, 2.75) is 13.8 Å². The second-order valence-corrected chi connectivity index (χ2v) is 6.93. The van der Waals surface area contributed by atoms with Crippen molar-refractivity contribution in [1.29, 1.82) is 0 Å². The summed E-state index contributed by atoms with van der Waals surface area (Å²) in [6, 6.07) is 24.0. The quantitative estimate of drug-likeness (QED) is 0.284. The molecule has 145 valence electrons. The first-order valence-electron chi connectivity index (χ1n) is 9.27. The third-order valence-corrected chi connectivity index (χ3v) is 5.08. The van der Waals surface area contributed by atoms with Crippen molar-refractivity contribution in [2.75, 3.05) is 0 Å². The molecule has 0 spiro atoms. The van der Waals surface area contributed by atoms with Gasteiger partial charge < -0.3 is 9.13 Å². The molecule has 0 aliphatic heterocycles. The smallest absolute Gasteiger partial charge is 0.0881 e. The van der Waals surface area contributed by atoms with E-state index in [9.17, 15) is 0 Å². The predicted molar refractivity (Wildman–Crippen MR) is 112 cm³/mol. The molecule has 4 nitrogen and oxygen atoms in total. The molecule has 29 heavy (non-hydrogen) atoms. The zero-order valence-corrected chi connectivity index (χ0v) is 18.5. The van der Waals surface area contributed by atoms with E-state index in [0.29, 0.717) is 0 Å². The monoisotopic (exact) mass is 556 g/mol. The molecule has 0 unspecified atom stereocenters. The summed E-state index contributed by atoms with van der Waals surface area (Å²) in [6.45, 7) is 4.26. The van der Waals surface area contributed by atoms with E-state index in [1.165, 1.54) is 16.8 Å². The SMILES string of the molecule is Cc1cccc(C)c1-n1ccnc1-c1[c-]cc2ncn(-c3ccccc3)c2c1.[Ir]. The van der Waals surface area contributed by atoms with Gasteiger partial charge in [0.25, 0.3) is 0 Å². The Balaban J connectivity index is 0.00000205. The van der Waals surface area contributed by atoms with Gasteiger partial charge in [-0.1, -0.05) is 36.4 Å². The van der Waals surface area contributed by atoms with Gasteiger partial charge in [-0.2, -0.15) is 0 Å². The van der Waals surface area contributed by atoms with Gasteiger partial charge >= 0.3 is 0 Å². The third kappa shape index (κ3) is 3.33. The number of imidazole rings is 2. The first-order valence-corrected chi connectivity index (χ1v) is 9.27. The standard InChI is InChI=1S/C24H19N4.Ir/c1-17-7-6-8-18(2)23(17)27-14-13-25-24(27)19-11-12-21-22(15-19)28(16-26-21)20-9-4-3-5-10-20;/h3-10,12-16H,1-2H3;/q-1;. The zero-order valence-electron chi connectivity index (χ0n) is 16.1. The van der Waals surface area contributed by atoms with Crippen molar-refractivity contribution >= 4 is 11.0 Å². The Morgan fingerprint density at radius 1 is 0.862 bits per heavy atom. The van der Waals surface area contributed by atoms with Crippen LogP contribution in [0.15, 0.2) is 79.4 Å². The number of nitrogens with zero attached hydrogens (tertiary/aromatic N) is 4. The molecule has 5 aromatic rings. The van der Waals surface area contributed by atoms with Crippen LogP contribution in [0.4, 0.5) is 0 Å².